The van der Waals surface area contributed by atoms with Gasteiger partial charge in [0.25, 0.3) is 0 Å². The highest BCUT2D eigenvalue weighted by Crippen LogP contribution is 2.40. The molecule has 0 radical (unpaired) electrons. The van der Waals surface area contributed by atoms with E-state index in [1.165, 1.54) is 31.2 Å². The van der Waals surface area contributed by atoms with Crippen molar-refractivity contribution in [3.63, 3.8) is 0 Å². The highest BCUT2D eigenvalue weighted by molar-refractivity contribution is 7.52. The molecule has 4 atom stereocenters. The fourth-order valence-corrected chi connectivity index (χ4v) is 6.23. The minimum atomic E-state index is -4.59. The van der Waals surface area contributed by atoms with Gasteiger partial charge in [-0.25, -0.2) is 0 Å². The van der Waals surface area contributed by atoms with Gasteiger partial charge >= 0.3 is 15.2 Å². The number of hydrogen-bond acceptors (Lipinski definition) is 6. The number of phenolic OH excluding ortho intramolecular Hbond substituents is 2. The summed E-state index contributed by atoms with van der Waals surface area (Å²) in [6, 6.07) is 8.98. The largest absolute Gasteiger partial charge is 0.507 e. The summed E-state index contributed by atoms with van der Waals surface area (Å²) in [7, 11) is -9.17. The van der Waals surface area contributed by atoms with E-state index in [2.05, 4.69) is 0 Å². The summed E-state index contributed by atoms with van der Waals surface area (Å²) in [6.07, 6.45) is 0.109. The summed E-state index contributed by atoms with van der Waals surface area (Å²) in [4.78, 5) is 40.6. The van der Waals surface area contributed by atoms with Crippen LogP contribution >= 0.6 is 15.2 Å². The van der Waals surface area contributed by atoms with Crippen molar-refractivity contribution >= 4 is 15.2 Å². The SMILES string of the molecule is CCC([NH+](CC[NH+](Cc1cc(CO)ccc1O)C(C)P(=O)(O)O)Cc1ccc(CO)cc1O)P(=O)(O)O. The fraction of sp³-hybridized carbons (Fsp3) is 0.478. The molecule has 2 aromatic carbocycles. The van der Waals surface area contributed by atoms with Crippen LogP contribution in [-0.2, 0) is 35.4 Å². The van der Waals surface area contributed by atoms with E-state index in [0.29, 0.717) is 32.1 Å². The Balaban J connectivity index is 2.40. The maximum Gasteiger partial charge on any atom is 0.382 e. The molecular formula is C23H38N2O10P2+2. The summed E-state index contributed by atoms with van der Waals surface area (Å²) in [6.45, 7) is 2.57. The van der Waals surface area contributed by atoms with Crippen molar-refractivity contribution in [3.05, 3.63) is 58.7 Å². The minimum absolute atomic E-state index is 0.0115. The molecule has 0 spiro atoms. The van der Waals surface area contributed by atoms with Gasteiger partial charge in [0.05, 0.1) is 13.2 Å². The van der Waals surface area contributed by atoms with Gasteiger partial charge in [0, 0.05) is 17.5 Å². The lowest BCUT2D eigenvalue weighted by Crippen LogP contribution is -3.22. The van der Waals surface area contributed by atoms with Gasteiger partial charge in [-0.05, 0) is 42.3 Å². The average Bonchev–Trinajstić information content (AvgIpc) is 2.82. The van der Waals surface area contributed by atoms with Gasteiger partial charge in [0.2, 0.25) is 0 Å². The molecule has 0 saturated heterocycles. The Hall–Kier alpha value is -1.82. The van der Waals surface area contributed by atoms with Crippen LogP contribution in [0.5, 0.6) is 11.5 Å². The van der Waals surface area contributed by atoms with Crippen molar-refractivity contribution in [2.45, 2.75) is 58.1 Å². The average molecular weight is 565 g/mol. The zero-order valence-corrected chi connectivity index (χ0v) is 22.6. The second-order valence-electron chi connectivity index (χ2n) is 9.19. The van der Waals surface area contributed by atoms with E-state index in [1.807, 2.05) is 0 Å². The zero-order valence-electron chi connectivity index (χ0n) is 20.9. The number of rotatable bonds is 14. The van der Waals surface area contributed by atoms with Crippen molar-refractivity contribution in [2.24, 2.45) is 0 Å². The third kappa shape index (κ3) is 8.87. The molecule has 0 fully saturated rings. The van der Waals surface area contributed by atoms with E-state index < -0.39 is 26.8 Å². The first-order valence-corrected chi connectivity index (χ1v) is 15.2. The molecule has 0 amide bonds. The third-order valence-electron chi connectivity index (χ3n) is 6.62. The monoisotopic (exact) mass is 564 g/mol. The number of aromatic hydroxyl groups is 2. The Morgan fingerprint density at radius 3 is 1.81 bits per heavy atom. The third-order valence-corrected chi connectivity index (χ3v) is 9.54. The molecule has 0 bridgehead atoms. The molecular weight excluding hydrogens is 526 g/mol. The van der Waals surface area contributed by atoms with Gasteiger partial charge in [-0.1, -0.05) is 19.1 Å². The lowest BCUT2D eigenvalue weighted by atomic mass is 10.1. The molecule has 12 nitrogen and oxygen atoms in total. The van der Waals surface area contributed by atoms with Crippen LogP contribution in [0.1, 0.15) is 42.5 Å². The molecule has 37 heavy (non-hydrogen) atoms. The van der Waals surface area contributed by atoms with E-state index >= 15 is 0 Å². The summed E-state index contributed by atoms with van der Waals surface area (Å²) >= 11 is 0. The number of aliphatic hydroxyl groups is 2. The highest BCUT2D eigenvalue weighted by atomic mass is 31.2. The van der Waals surface area contributed by atoms with Crippen LogP contribution in [0.2, 0.25) is 0 Å². The van der Waals surface area contributed by atoms with Crippen LogP contribution in [0.25, 0.3) is 0 Å². The molecule has 0 heterocycles. The van der Waals surface area contributed by atoms with Crippen LogP contribution in [0.3, 0.4) is 0 Å². The van der Waals surface area contributed by atoms with E-state index in [9.17, 15) is 49.1 Å². The van der Waals surface area contributed by atoms with Crippen molar-refractivity contribution < 1.29 is 58.9 Å². The van der Waals surface area contributed by atoms with Crippen LogP contribution in [0.15, 0.2) is 36.4 Å². The molecule has 0 aliphatic carbocycles. The molecule has 0 aliphatic heterocycles. The number of benzene rings is 2. The van der Waals surface area contributed by atoms with Crippen LogP contribution in [0, 0.1) is 0 Å². The molecule has 0 aliphatic rings. The predicted octanol–water partition coefficient (Wildman–Crippen LogP) is -1.01. The minimum Gasteiger partial charge on any atom is -0.507 e. The fourth-order valence-electron chi connectivity index (χ4n) is 4.37. The van der Waals surface area contributed by atoms with Gasteiger partial charge in [-0.3, -0.25) is 9.13 Å². The van der Waals surface area contributed by atoms with E-state index in [0.717, 1.165) is 0 Å². The van der Waals surface area contributed by atoms with Gasteiger partial charge in [0.15, 0.2) is 11.6 Å². The summed E-state index contributed by atoms with van der Waals surface area (Å²) in [5.74, 6) is -2.57. The smallest absolute Gasteiger partial charge is 0.382 e. The van der Waals surface area contributed by atoms with Crippen LogP contribution in [0.4, 0.5) is 0 Å². The maximum atomic E-state index is 12.3. The summed E-state index contributed by atoms with van der Waals surface area (Å²) in [5, 5.41) is 39.4. The zero-order chi connectivity index (χ0) is 28.0. The Morgan fingerprint density at radius 2 is 1.30 bits per heavy atom. The van der Waals surface area contributed by atoms with E-state index in [4.69, 9.17) is 0 Å². The molecule has 10 N–H and O–H groups in total. The van der Waals surface area contributed by atoms with Gasteiger partial charge < -0.3 is 49.8 Å². The first-order chi connectivity index (χ1) is 17.2. The number of nitrogens with one attached hydrogen (secondary N) is 2. The van der Waals surface area contributed by atoms with Crippen molar-refractivity contribution in [2.75, 3.05) is 13.1 Å². The Bertz CT molecular complexity index is 1140. The van der Waals surface area contributed by atoms with E-state index in [-0.39, 0.29) is 57.3 Å². The van der Waals surface area contributed by atoms with E-state index in [1.54, 1.807) is 19.1 Å². The first-order valence-electron chi connectivity index (χ1n) is 11.8. The number of quaternary nitrogens is 2. The number of phenols is 2. The molecule has 2 aromatic rings. The quantitative estimate of drug-likeness (QED) is 0.127. The lowest BCUT2D eigenvalue weighted by Gasteiger charge is -2.32. The van der Waals surface area contributed by atoms with Gasteiger partial charge in [-0.15, -0.1) is 0 Å². The molecule has 2 rings (SSSR count). The topological polar surface area (TPSA) is 205 Å². The van der Waals surface area contributed by atoms with Crippen molar-refractivity contribution in [3.8, 4) is 11.5 Å². The molecule has 4 unspecified atom stereocenters. The second kappa shape index (κ2) is 13.3. The number of hydrogen-bond donors (Lipinski definition) is 10. The van der Waals surface area contributed by atoms with Crippen LogP contribution < -0.4 is 9.80 Å². The molecule has 0 saturated carbocycles. The number of aliphatic hydroxyl groups excluding tert-OH is 2. The molecule has 208 valence electrons. The second-order valence-corrected chi connectivity index (χ2v) is 12.9. The lowest BCUT2D eigenvalue weighted by molar-refractivity contribution is -0.981. The van der Waals surface area contributed by atoms with Gasteiger partial charge in [-0.2, -0.15) is 0 Å². The van der Waals surface area contributed by atoms with Crippen molar-refractivity contribution in [1.29, 1.82) is 0 Å². The Morgan fingerprint density at radius 1 is 0.757 bits per heavy atom. The standard InChI is InChI=1S/C23H36N2O10P2/c1-3-23(37(33,34)35)25(12-19-6-4-18(15-27)11-22(19)29)9-8-24(16(2)36(30,31)32)13-20-10-17(14-26)5-7-21(20)28/h4-7,10-11,16,23,26-29H,3,8-9,12-15H2,1-2H3,(H2,30,31,32)(H2,33,34,35)/p+2. The summed E-state index contributed by atoms with van der Waals surface area (Å²) < 4.78 is 24.5. The highest BCUT2D eigenvalue weighted by Gasteiger charge is 2.40. The molecule has 14 heteroatoms. The predicted molar refractivity (Wildman–Crippen MR) is 135 cm³/mol. The summed E-state index contributed by atoms with van der Waals surface area (Å²) in [5.41, 5.74) is 1.75. The van der Waals surface area contributed by atoms with Crippen LogP contribution in [-0.4, -0.2) is 64.7 Å². The normalized spacial score (nSPS) is 15.8. The molecule has 0 aromatic heterocycles. The Kier molecular flexibility index (Phi) is 11.3. The maximum absolute atomic E-state index is 12.3. The van der Waals surface area contributed by atoms with Gasteiger partial charge in [0.1, 0.15) is 37.7 Å². The van der Waals surface area contributed by atoms with Crippen molar-refractivity contribution in [1.82, 2.24) is 0 Å². The first kappa shape index (κ1) is 31.4. The Labute approximate surface area is 215 Å².